The van der Waals surface area contributed by atoms with Crippen LogP contribution in [0.2, 0.25) is 0 Å². The SMILES string of the molecule is CCNC(=O)N1CCC[C@@H](c2nc(-c3cccc(F)c3)no2)C1. The molecule has 1 aliphatic rings. The summed E-state index contributed by atoms with van der Waals surface area (Å²) in [6, 6.07) is 6.02. The first-order valence-electron chi connectivity index (χ1n) is 7.79. The van der Waals surface area contributed by atoms with Crippen LogP contribution in [0.4, 0.5) is 9.18 Å². The number of carbonyl (C=O) groups excluding carboxylic acids is 1. The van der Waals surface area contributed by atoms with Gasteiger partial charge in [0, 0.05) is 25.2 Å². The van der Waals surface area contributed by atoms with E-state index in [1.54, 1.807) is 17.0 Å². The largest absolute Gasteiger partial charge is 0.339 e. The Labute approximate surface area is 133 Å². The van der Waals surface area contributed by atoms with Crippen LogP contribution in [0.5, 0.6) is 0 Å². The lowest BCUT2D eigenvalue weighted by molar-refractivity contribution is 0.172. The summed E-state index contributed by atoms with van der Waals surface area (Å²) in [6.07, 6.45) is 1.78. The predicted molar refractivity (Wildman–Crippen MR) is 82.3 cm³/mol. The van der Waals surface area contributed by atoms with E-state index in [1.807, 2.05) is 6.92 Å². The van der Waals surface area contributed by atoms with E-state index in [0.29, 0.717) is 30.4 Å². The maximum absolute atomic E-state index is 13.3. The molecule has 0 radical (unpaired) electrons. The molecule has 0 saturated carbocycles. The molecule has 1 N–H and O–H groups in total. The summed E-state index contributed by atoms with van der Waals surface area (Å²) < 4.78 is 18.6. The molecule has 2 heterocycles. The van der Waals surface area contributed by atoms with Crippen molar-refractivity contribution >= 4 is 6.03 Å². The fourth-order valence-corrected chi connectivity index (χ4v) is 2.77. The molecule has 0 bridgehead atoms. The van der Waals surface area contributed by atoms with Gasteiger partial charge in [0.05, 0.1) is 5.92 Å². The van der Waals surface area contributed by atoms with Gasteiger partial charge in [0.25, 0.3) is 0 Å². The van der Waals surface area contributed by atoms with Crippen LogP contribution in [-0.4, -0.2) is 40.7 Å². The molecule has 2 amide bonds. The number of hydrogen-bond donors (Lipinski definition) is 1. The van der Waals surface area contributed by atoms with E-state index in [9.17, 15) is 9.18 Å². The van der Waals surface area contributed by atoms with Crippen LogP contribution in [0.25, 0.3) is 11.4 Å². The maximum Gasteiger partial charge on any atom is 0.317 e. The number of nitrogens with zero attached hydrogens (tertiary/aromatic N) is 3. The van der Waals surface area contributed by atoms with Crippen molar-refractivity contribution in [2.24, 2.45) is 0 Å². The van der Waals surface area contributed by atoms with Crippen LogP contribution in [0.15, 0.2) is 28.8 Å². The lowest BCUT2D eigenvalue weighted by atomic mass is 9.98. The van der Waals surface area contributed by atoms with Gasteiger partial charge in [-0.05, 0) is 31.9 Å². The minimum Gasteiger partial charge on any atom is -0.339 e. The monoisotopic (exact) mass is 318 g/mol. The third kappa shape index (κ3) is 3.49. The molecule has 0 aliphatic carbocycles. The lowest BCUT2D eigenvalue weighted by Crippen LogP contribution is -2.44. The number of likely N-dealkylation sites (tertiary alicyclic amines) is 1. The first-order valence-corrected chi connectivity index (χ1v) is 7.79. The number of amides is 2. The number of piperidine rings is 1. The van der Waals surface area contributed by atoms with Crippen LogP contribution >= 0.6 is 0 Å². The Balaban J connectivity index is 1.73. The fraction of sp³-hybridized carbons (Fsp3) is 0.438. The molecule has 1 saturated heterocycles. The Morgan fingerprint density at radius 3 is 3.17 bits per heavy atom. The van der Waals surface area contributed by atoms with E-state index in [4.69, 9.17) is 4.52 Å². The number of carbonyl (C=O) groups is 1. The normalized spacial score (nSPS) is 18.0. The van der Waals surface area contributed by atoms with E-state index in [2.05, 4.69) is 15.5 Å². The van der Waals surface area contributed by atoms with E-state index in [0.717, 1.165) is 19.4 Å². The van der Waals surface area contributed by atoms with Gasteiger partial charge in [-0.15, -0.1) is 0 Å². The Bertz CT molecular complexity index is 688. The van der Waals surface area contributed by atoms with Crippen molar-refractivity contribution in [3.8, 4) is 11.4 Å². The molecule has 3 rings (SSSR count). The third-order valence-electron chi connectivity index (χ3n) is 3.91. The van der Waals surface area contributed by atoms with Gasteiger partial charge in [0.2, 0.25) is 11.7 Å². The van der Waals surface area contributed by atoms with E-state index in [1.165, 1.54) is 12.1 Å². The minimum atomic E-state index is -0.339. The summed E-state index contributed by atoms with van der Waals surface area (Å²) in [5, 5.41) is 6.74. The topological polar surface area (TPSA) is 71.3 Å². The molecule has 1 atom stereocenters. The van der Waals surface area contributed by atoms with Crippen molar-refractivity contribution in [3.63, 3.8) is 0 Å². The zero-order chi connectivity index (χ0) is 16.2. The molecule has 1 fully saturated rings. The van der Waals surface area contributed by atoms with Gasteiger partial charge in [0.15, 0.2) is 0 Å². The zero-order valence-electron chi connectivity index (χ0n) is 13.0. The summed E-state index contributed by atoms with van der Waals surface area (Å²) in [7, 11) is 0. The molecule has 122 valence electrons. The molecule has 1 aromatic heterocycles. The van der Waals surface area contributed by atoms with Crippen molar-refractivity contribution in [3.05, 3.63) is 36.0 Å². The lowest BCUT2D eigenvalue weighted by Gasteiger charge is -2.30. The molecule has 23 heavy (non-hydrogen) atoms. The molecule has 2 aromatic rings. The first kappa shape index (κ1) is 15.5. The number of benzene rings is 1. The van der Waals surface area contributed by atoms with Gasteiger partial charge >= 0.3 is 6.03 Å². The zero-order valence-corrected chi connectivity index (χ0v) is 13.0. The summed E-state index contributed by atoms with van der Waals surface area (Å²) in [4.78, 5) is 18.1. The van der Waals surface area contributed by atoms with Crippen LogP contribution in [0.1, 0.15) is 31.6 Å². The highest BCUT2D eigenvalue weighted by Gasteiger charge is 2.28. The molecule has 0 spiro atoms. The Morgan fingerprint density at radius 1 is 1.52 bits per heavy atom. The molecule has 1 aliphatic heterocycles. The van der Waals surface area contributed by atoms with Crippen molar-refractivity contribution in [1.29, 1.82) is 0 Å². The van der Waals surface area contributed by atoms with Crippen molar-refractivity contribution in [2.75, 3.05) is 19.6 Å². The second-order valence-corrected chi connectivity index (χ2v) is 5.59. The maximum atomic E-state index is 13.3. The van der Waals surface area contributed by atoms with Gasteiger partial charge in [0.1, 0.15) is 5.82 Å². The number of urea groups is 1. The quantitative estimate of drug-likeness (QED) is 0.944. The van der Waals surface area contributed by atoms with Gasteiger partial charge < -0.3 is 14.7 Å². The summed E-state index contributed by atoms with van der Waals surface area (Å²) >= 11 is 0. The van der Waals surface area contributed by atoms with Crippen LogP contribution in [0.3, 0.4) is 0 Å². The highest BCUT2D eigenvalue weighted by Crippen LogP contribution is 2.27. The number of aromatic nitrogens is 2. The number of rotatable bonds is 3. The van der Waals surface area contributed by atoms with E-state index in [-0.39, 0.29) is 17.8 Å². The van der Waals surface area contributed by atoms with Crippen LogP contribution in [-0.2, 0) is 0 Å². The average Bonchev–Trinajstić information content (AvgIpc) is 3.05. The number of nitrogens with one attached hydrogen (secondary N) is 1. The summed E-state index contributed by atoms with van der Waals surface area (Å²) in [5.74, 6) is 0.544. The minimum absolute atomic E-state index is 0.0150. The van der Waals surface area contributed by atoms with Crippen molar-refractivity contribution in [1.82, 2.24) is 20.4 Å². The first-order chi connectivity index (χ1) is 11.2. The van der Waals surface area contributed by atoms with Crippen LogP contribution in [0, 0.1) is 5.82 Å². The number of hydrogen-bond acceptors (Lipinski definition) is 4. The molecule has 6 nitrogen and oxygen atoms in total. The highest BCUT2D eigenvalue weighted by molar-refractivity contribution is 5.74. The summed E-state index contributed by atoms with van der Waals surface area (Å²) in [6.45, 7) is 3.77. The van der Waals surface area contributed by atoms with E-state index < -0.39 is 0 Å². The molecule has 7 heteroatoms. The Morgan fingerprint density at radius 2 is 2.39 bits per heavy atom. The van der Waals surface area contributed by atoms with E-state index >= 15 is 0 Å². The van der Waals surface area contributed by atoms with Gasteiger partial charge in [-0.2, -0.15) is 4.98 Å². The van der Waals surface area contributed by atoms with Crippen molar-refractivity contribution in [2.45, 2.75) is 25.7 Å². The Hall–Kier alpha value is -2.44. The molecular weight excluding hydrogens is 299 g/mol. The predicted octanol–water partition coefficient (Wildman–Crippen LogP) is 2.78. The summed E-state index contributed by atoms with van der Waals surface area (Å²) in [5.41, 5.74) is 0.580. The average molecular weight is 318 g/mol. The second kappa shape index (κ2) is 6.76. The van der Waals surface area contributed by atoms with Crippen LogP contribution < -0.4 is 5.32 Å². The Kier molecular flexibility index (Phi) is 4.55. The standard InChI is InChI=1S/C16H19FN4O2/c1-2-18-16(22)21-8-4-6-12(10-21)15-19-14(20-23-15)11-5-3-7-13(17)9-11/h3,5,7,9,12H,2,4,6,8,10H2,1H3,(H,18,22)/t12-/m1/s1. The smallest absolute Gasteiger partial charge is 0.317 e. The van der Waals surface area contributed by atoms with Gasteiger partial charge in [-0.1, -0.05) is 17.3 Å². The van der Waals surface area contributed by atoms with Crippen molar-refractivity contribution < 1.29 is 13.7 Å². The second-order valence-electron chi connectivity index (χ2n) is 5.59. The molecule has 1 aromatic carbocycles. The molecule has 0 unspecified atom stereocenters. The highest BCUT2D eigenvalue weighted by atomic mass is 19.1. The molecular formula is C16H19FN4O2. The third-order valence-corrected chi connectivity index (χ3v) is 3.91. The number of halogens is 1. The fourth-order valence-electron chi connectivity index (χ4n) is 2.77. The van der Waals surface area contributed by atoms with Gasteiger partial charge in [-0.25, -0.2) is 9.18 Å². The van der Waals surface area contributed by atoms with Gasteiger partial charge in [-0.3, -0.25) is 0 Å².